The second-order valence-electron chi connectivity index (χ2n) is 6.17. The molecule has 25 heavy (non-hydrogen) atoms. The smallest absolute Gasteiger partial charge is 0.191 e. The molecule has 1 aliphatic rings. The van der Waals surface area contributed by atoms with Crippen LogP contribution in [0.3, 0.4) is 0 Å². The van der Waals surface area contributed by atoms with Crippen LogP contribution in [-0.2, 0) is 11.2 Å². The Hall–Kier alpha value is -1.02. The average molecular weight is 461 g/mol. The fourth-order valence-corrected chi connectivity index (χ4v) is 2.88. The summed E-state index contributed by atoms with van der Waals surface area (Å²) in [5, 5.41) is 6.70. The Bertz CT molecular complexity index is 531. The van der Waals surface area contributed by atoms with E-state index in [9.17, 15) is 0 Å². The Balaban J connectivity index is 0.00000312. The molecule has 0 spiro atoms. The number of hydrogen-bond donors (Lipinski definition) is 2. The number of benzene rings is 1. The van der Waals surface area contributed by atoms with Crippen molar-refractivity contribution in [2.45, 2.75) is 45.6 Å². The van der Waals surface area contributed by atoms with E-state index in [1.807, 2.05) is 0 Å². The van der Waals surface area contributed by atoms with Gasteiger partial charge in [0.1, 0.15) is 5.75 Å². The van der Waals surface area contributed by atoms with Gasteiger partial charge >= 0.3 is 0 Å². The maximum atomic E-state index is 5.64. The Morgan fingerprint density at radius 3 is 2.88 bits per heavy atom. The van der Waals surface area contributed by atoms with Crippen LogP contribution in [-0.4, -0.2) is 45.4 Å². The third-order valence-electron chi connectivity index (χ3n) is 4.27. The van der Waals surface area contributed by atoms with Crippen LogP contribution in [0.1, 0.15) is 37.3 Å². The molecule has 1 saturated heterocycles. The predicted octanol–water partition coefficient (Wildman–Crippen LogP) is 3.29. The van der Waals surface area contributed by atoms with Crippen LogP contribution in [0.5, 0.6) is 5.75 Å². The standard InChI is InChI=1S/C19H31N3O2.HI/c1-4-20-19(22-12-10-17-6-5-13-24-17)21-11-9-16-8-7-15(2)18(14-16)23-3;/h7-8,14,17H,4-6,9-13H2,1-3H3,(H2,20,21,22);1H. The molecule has 0 radical (unpaired) electrons. The Morgan fingerprint density at radius 1 is 1.36 bits per heavy atom. The molecule has 1 unspecified atom stereocenters. The minimum absolute atomic E-state index is 0. The Morgan fingerprint density at radius 2 is 2.20 bits per heavy atom. The van der Waals surface area contributed by atoms with Crippen LogP contribution in [0, 0.1) is 6.92 Å². The highest BCUT2D eigenvalue weighted by molar-refractivity contribution is 14.0. The highest BCUT2D eigenvalue weighted by atomic mass is 127. The van der Waals surface area contributed by atoms with Crippen LogP contribution in [0.4, 0.5) is 0 Å². The van der Waals surface area contributed by atoms with Gasteiger partial charge < -0.3 is 20.1 Å². The molecule has 0 aromatic heterocycles. The summed E-state index contributed by atoms with van der Waals surface area (Å²) in [6.07, 6.45) is 4.71. The van der Waals surface area contributed by atoms with Crippen molar-refractivity contribution in [1.82, 2.24) is 10.6 Å². The maximum absolute atomic E-state index is 5.64. The molecule has 1 aromatic rings. The molecule has 0 amide bonds. The molecule has 1 fully saturated rings. The van der Waals surface area contributed by atoms with Crippen molar-refractivity contribution in [3.63, 3.8) is 0 Å². The van der Waals surface area contributed by atoms with Gasteiger partial charge in [-0.3, -0.25) is 4.99 Å². The van der Waals surface area contributed by atoms with Gasteiger partial charge in [-0.25, -0.2) is 0 Å². The molecule has 2 N–H and O–H groups in total. The van der Waals surface area contributed by atoms with E-state index >= 15 is 0 Å². The third-order valence-corrected chi connectivity index (χ3v) is 4.27. The molecule has 2 rings (SSSR count). The van der Waals surface area contributed by atoms with Gasteiger partial charge in [0, 0.05) is 26.2 Å². The van der Waals surface area contributed by atoms with E-state index in [1.54, 1.807) is 7.11 Å². The molecule has 6 heteroatoms. The van der Waals surface area contributed by atoms with Crippen molar-refractivity contribution < 1.29 is 9.47 Å². The number of methoxy groups -OCH3 is 1. The van der Waals surface area contributed by atoms with Crippen LogP contribution < -0.4 is 15.4 Å². The van der Waals surface area contributed by atoms with E-state index in [2.05, 4.69) is 47.7 Å². The minimum atomic E-state index is 0. The normalized spacial score (nSPS) is 17.1. The second kappa shape index (κ2) is 12.4. The van der Waals surface area contributed by atoms with Gasteiger partial charge in [0.25, 0.3) is 0 Å². The third kappa shape index (κ3) is 7.81. The monoisotopic (exact) mass is 461 g/mol. The van der Waals surface area contributed by atoms with E-state index < -0.39 is 0 Å². The van der Waals surface area contributed by atoms with Gasteiger partial charge in [-0.2, -0.15) is 0 Å². The first-order valence-corrected chi connectivity index (χ1v) is 9.00. The number of guanidine groups is 1. The second-order valence-corrected chi connectivity index (χ2v) is 6.17. The van der Waals surface area contributed by atoms with E-state index in [0.717, 1.165) is 50.8 Å². The van der Waals surface area contributed by atoms with E-state index in [-0.39, 0.29) is 24.0 Å². The molecular weight excluding hydrogens is 429 g/mol. The quantitative estimate of drug-likeness (QED) is 0.355. The van der Waals surface area contributed by atoms with Crippen LogP contribution in [0.25, 0.3) is 0 Å². The molecule has 1 aliphatic heterocycles. The molecule has 0 aliphatic carbocycles. The summed E-state index contributed by atoms with van der Waals surface area (Å²) in [5.74, 6) is 1.83. The van der Waals surface area contributed by atoms with Crippen LogP contribution in [0.2, 0.25) is 0 Å². The summed E-state index contributed by atoms with van der Waals surface area (Å²) < 4.78 is 11.0. The highest BCUT2D eigenvalue weighted by Crippen LogP contribution is 2.19. The first-order valence-electron chi connectivity index (χ1n) is 9.00. The Kier molecular flexibility index (Phi) is 10.9. The number of nitrogens with zero attached hydrogens (tertiary/aromatic N) is 1. The van der Waals surface area contributed by atoms with Crippen molar-refractivity contribution in [2.24, 2.45) is 4.99 Å². The summed E-state index contributed by atoms with van der Waals surface area (Å²) in [5.41, 5.74) is 2.43. The van der Waals surface area contributed by atoms with Crippen LogP contribution >= 0.6 is 24.0 Å². The molecule has 1 atom stereocenters. The Labute approximate surface area is 169 Å². The summed E-state index contributed by atoms with van der Waals surface area (Å²) in [6, 6.07) is 6.37. The lowest BCUT2D eigenvalue weighted by Crippen LogP contribution is -2.38. The van der Waals surface area contributed by atoms with Crippen molar-refractivity contribution >= 4 is 29.9 Å². The fraction of sp³-hybridized carbons (Fsp3) is 0.632. The summed E-state index contributed by atoms with van der Waals surface area (Å²) in [6.45, 7) is 7.57. The molecule has 1 heterocycles. The van der Waals surface area contributed by atoms with Gasteiger partial charge in [-0.05, 0) is 56.7 Å². The first kappa shape index (κ1) is 22.0. The molecule has 0 bridgehead atoms. The number of aryl methyl sites for hydroxylation is 1. The lowest BCUT2D eigenvalue weighted by Gasteiger charge is -2.13. The van der Waals surface area contributed by atoms with E-state index in [4.69, 9.17) is 9.47 Å². The van der Waals surface area contributed by atoms with Crippen molar-refractivity contribution in [1.29, 1.82) is 0 Å². The zero-order valence-electron chi connectivity index (χ0n) is 15.6. The number of aliphatic imine (C=N–C) groups is 1. The highest BCUT2D eigenvalue weighted by Gasteiger charge is 2.14. The van der Waals surface area contributed by atoms with Gasteiger partial charge in [-0.15, -0.1) is 24.0 Å². The van der Waals surface area contributed by atoms with Gasteiger partial charge in [0.2, 0.25) is 0 Å². The van der Waals surface area contributed by atoms with Crippen molar-refractivity contribution in [3.05, 3.63) is 29.3 Å². The van der Waals surface area contributed by atoms with Crippen molar-refractivity contribution in [3.8, 4) is 5.75 Å². The molecule has 142 valence electrons. The lowest BCUT2D eigenvalue weighted by molar-refractivity contribution is 0.106. The maximum Gasteiger partial charge on any atom is 0.191 e. The van der Waals surface area contributed by atoms with Gasteiger partial charge in [0.15, 0.2) is 5.96 Å². The molecule has 1 aromatic carbocycles. The van der Waals surface area contributed by atoms with E-state index in [0.29, 0.717) is 6.10 Å². The summed E-state index contributed by atoms with van der Waals surface area (Å²) in [7, 11) is 1.72. The number of ether oxygens (including phenoxy) is 2. The number of rotatable bonds is 8. The molecular formula is C19H32IN3O2. The lowest BCUT2D eigenvalue weighted by atomic mass is 10.1. The largest absolute Gasteiger partial charge is 0.496 e. The zero-order chi connectivity index (χ0) is 17.2. The number of nitrogens with one attached hydrogen (secondary N) is 2. The summed E-state index contributed by atoms with van der Waals surface area (Å²) >= 11 is 0. The summed E-state index contributed by atoms with van der Waals surface area (Å²) in [4.78, 5) is 4.65. The molecule has 5 nitrogen and oxygen atoms in total. The van der Waals surface area contributed by atoms with Crippen molar-refractivity contribution in [2.75, 3.05) is 33.4 Å². The zero-order valence-corrected chi connectivity index (χ0v) is 18.0. The number of hydrogen-bond acceptors (Lipinski definition) is 3. The SMILES string of the molecule is CCNC(=NCCC1CCCO1)NCCc1ccc(C)c(OC)c1.I. The first-order chi connectivity index (χ1) is 11.7. The molecule has 0 saturated carbocycles. The van der Waals surface area contributed by atoms with E-state index in [1.165, 1.54) is 24.0 Å². The average Bonchev–Trinajstić information content (AvgIpc) is 3.09. The van der Waals surface area contributed by atoms with Gasteiger partial charge in [-0.1, -0.05) is 12.1 Å². The fourth-order valence-electron chi connectivity index (χ4n) is 2.88. The van der Waals surface area contributed by atoms with Crippen LogP contribution in [0.15, 0.2) is 23.2 Å². The predicted molar refractivity (Wildman–Crippen MR) is 114 cm³/mol. The topological polar surface area (TPSA) is 54.9 Å². The van der Waals surface area contributed by atoms with Gasteiger partial charge in [0.05, 0.1) is 13.2 Å². The number of halogens is 1. The minimum Gasteiger partial charge on any atom is -0.496 e.